The molecule has 48 heavy (non-hydrogen) atoms. The summed E-state index contributed by atoms with van der Waals surface area (Å²) in [5.41, 5.74) is 4.07. The minimum atomic E-state index is -1.22. The summed E-state index contributed by atoms with van der Waals surface area (Å²) in [6.07, 6.45) is 5.49. The summed E-state index contributed by atoms with van der Waals surface area (Å²) in [7, 11) is 0. The predicted molar refractivity (Wildman–Crippen MR) is 178 cm³/mol. The van der Waals surface area contributed by atoms with E-state index in [1.807, 2.05) is 51.1 Å². The van der Waals surface area contributed by atoms with Crippen LogP contribution in [0.15, 0.2) is 30.3 Å². The smallest absolute Gasteiger partial charge is 0.332 e. The molecular formula is C37H52N4O7. The van der Waals surface area contributed by atoms with Gasteiger partial charge in [-0.1, -0.05) is 97.1 Å². The molecule has 0 spiro atoms. The highest BCUT2D eigenvalue weighted by Gasteiger charge is 2.69. The van der Waals surface area contributed by atoms with Crippen molar-refractivity contribution < 1.29 is 33.5 Å². The number of benzene rings is 1. The number of likely N-dealkylation sites (tertiary alicyclic amines) is 1. The highest BCUT2D eigenvalue weighted by Crippen LogP contribution is 2.65. The van der Waals surface area contributed by atoms with E-state index in [0.717, 1.165) is 37.7 Å². The van der Waals surface area contributed by atoms with Crippen molar-refractivity contribution in [3.05, 3.63) is 35.9 Å². The van der Waals surface area contributed by atoms with Gasteiger partial charge >= 0.3 is 12.0 Å². The van der Waals surface area contributed by atoms with E-state index >= 15 is 0 Å². The minimum Gasteiger partial charge on any atom is -0.459 e. The van der Waals surface area contributed by atoms with Gasteiger partial charge in [-0.05, 0) is 53.4 Å². The van der Waals surface area contributed by atoms with Crippen LogP contribution in [0.1, 0.15) is 98.0 Å². The molecule has 4 aliphatic rings. The molecule has 4 amide bonds. The van der Waals surface area contributed by atoms with Crippen LogP contribution in [-0.2, 0) is 35.3 Å². The van der Waals surface area contributed by atoms with Crippen molar-refractivity contribution >= 4 is 35.4 Å². The number of carbonyl (C=O) groups excluding carboxylic acids is 6. The molecule has 1 aliphatic heterocycles. The second-order valence-corrected chi connectivity index (χ2v) is 16.3. The van der Waals surface area contributed by atoms with E-state index in [2.05, 4.69) is 24.5 Å². The number of ketones is 2. The molecule has 5 atom stereocenters. The molecule has 1 aromatic carbocycles. The maximum Gasteiger partial charge on any atom is 0.332 e. The number of amides is 4. The Kier molecular flexibility index (Phi) is 10.1. The van der Waals surface area contributed by atoms with Crippen LogP contribution in [0, 0.1) is 34.5 Å². The van der Waals surface area contributed by atoms with Crippen molar-refractivity contribution in [3.8, 4) is 0 Å². The van der Waals surface area contributed by atoms with Gasteiger partial charge in [0.25, 0.3) is 5.91 Å². The number of nitrogens with one attached hydrogen (secondary N) is 2. The third kappa shape index (κ3) is 7.60. The normalized spacial score (nSPS) is 25.2. The summed E-state index contributed by atoms with van der Waals surface area (Å²) in [4.78, 5) is 81.7. The molecule has 0 bridgehead atoms. The second-order valence-electron chi connectivity index (χ2n) is 16.3. The maximum absolute atomic E-state index is 14.4. The molecule has 1 heterocycles. The summed E-state index contributed by atoms with van der Waals surface area (Å²) >= 11 is 0. The van der Waals surface area contributed by atoms with Gasteiger partial charge in [-0.15, -0.1) is 0 Å². The lowest BCUT2D eigenvalue weighted by Crippen LogP contribution is -2.63. The highest BCUT2D eigenvalue weighted by atomic mass is 16.5. The van der Waals surface area contributed by atoms with E-state index in [1.54, 1.807) is 4.90 Å². The lowest BCUT2D eigenvalue weighted by molar-refractivity contribution is -0.154. The van der Waals surface area contributed by atoms with Crippen molar-refractivity contribution in [1.29, 1.82) is 0 Å². The van der Waals surface area contributed by atoms with Crippen LogP contribution in [0.25, 0.3) is 0 Å². The molecule has 262 valence electrons. The first-order valence-corrected chi connectivity index (χ1v) is 17.5. The van der Waals surface area contributed by atoms with Gasteiger partial charge in [0.1, 0.15) is 18.2 Å². The number of hydrogen-bond donors (Lipinski definition) is 3. The second kappa shape index (κ2) is 13.6. The number of nitrogens with two attached hydrogens (primary N) is 1. The molecule has 5 rings (SSSR count). The van der Waals surface area contributed by atoms with Gasteiger partial charge in [0.15, 0.2) is 5.78 Å². The summed E-state index contributed by atoms with van der Waals surface area (Å²) < 4.78 is 5.69. The van der Waals surface area contributed by atoms with E-state index in [0.29, 0.717) is 31.7 Å². The number of carbonyl (C=O) groups is 6. The van der Waals surface area contributed by atoms with Crippen LogP contribution in [-0.4, -0.2) is 64.4 Å². The van der Waals surface area contributed by atoms with Gasteiger partial charge in [-0.3, -0.25) is 19.2 Å². The van der Waals surface area contributed by atoms with Gasteiger partial charge in [0.2, 0.25) is 11.7 Å². The Morgan fingerprint density at radius 3 is 2.23 bits per heavy atom. The lowest BCUT2D eigenvalue weighted by Gasteiger charge is -2.39. The zero-order valence-electron chi connectivity index (χ0n) is 29.0. The number of ether oxygens (including phenoxy) is 1. The van der Waals surface area contributed by atoms with E-state index in [-0.39, 0.29) is 42.0 Å². The van der Waals surface area contributed by atoms with Crippen molar-refractivity contribution in [1.82, 2.24) is 15.5 Å². The lowest BCUT2D eigenvalue weighted by atomic mass is 9.81. The SMILES string of the molecule is CC(C)(C)[C@H](NC(=O)NC1(C(=O)OCc2ccccc2)CCCCC1)C(=O)N1C[C@H]2[C@@H]([C@H]1C(=O)CC(CC1CC1)C(=O)C(N)=O)C2(C)C. The fourth-order valence-corrected chi connectivity index (χ4v) is 8.08. The molecule has 11 heteroatoms. The Morgan fingerprint density at radius 2 is 1.65 bits per heavy atom. The molecule has 4 N–H and O–H groups in total. The zero-order valence-corrected chi connectivity index (χ0v) is 29.0. The molecular weight excluding hydrogens is 612 g/mol. The minimum absolute atomic E-state index is 0.0847. The molecule has 1 unspecified atom stereocenters. The summed E-state index contributed by atoms with van der Waals surface area (Å²) in [6.45, 7) is 10.1. The zero-order chi connectivity index (χ0) is 35.0. The fourth-order valence-electron chi connectivity index (χ4n) is 8.08. The Morgan fingerprint density at radius 1 is 1.00 bits per heavy atom. The Labute approximate surface area is 283 Å². The molecule has 0 radical (unpaired) electrons. The van der Waals surface area contributed by atoms with Crippen LogP contribution in [0.5, 0.6) is 0 Å². The van der Waals surface area contributed by atoms with E-state index in [4.69, 9.17) is 10.5 Å². The Hall–Kier alpha value is -3.76. The average Bonchev–Trinajstić information content (AvgIpc) is 3.89. The Balaban J connectivity index is 1.31. The number of Topliss-reactive ketones (excluding diaryl/α,β-unsaturated/α-hetero) is 2. The number of urea groups is 1. The molecule has 1 saturated heterocycles. The summed E-state index contributed by atoms with van der Waals surface area (Å²) in [5.74, 6) is -3.39. The van der Waals surface area contributed by atoms with E-state index in [1.165, 1.54) is 0 Å². The number of fused-ring (bicyclic) bond motifs is 1. The first-order chi connectivity index (χ1) is 22.5. The molecule has 4 fully saturated rings. The Bertz CT molecular complexity index is 1420. The molecule has 11 nitrogen and oxygen atoms in total. The van der Waals surface area contributed by atoms with Crippen LogP contribution >= 0.6 is 0 Å². The number of esters is 1. The van der Waals surface area contributed by atoms with E-state index in [9.17, 15) is 28.8 Å². The topological polar surface area (TPSA) is 165 Å². The number of primary amides is 1. The van der Waals surface area contributed by atoms with Gasteiger partial charge < -0.3 is 26.0 Å². The molecule has 0 aromatic heterocycles. The van der Waals surface area contributed by atoms with Crippen LogP contribution in [0.2, 0.25) is 0 Å². The van der Waals surface area contributed by atoms with Crippen molar-refractivity contribution in [2.24, 2.45) is 40.2 Å². The first kappa shape index (κ1) is 35.5. The molecule has 3 aliphatic carbocycles. The predicted octanol–water partition coefficient (Wildman–Crippen LogP) is 4.06. The standard InChI is InChI=1S/C37H52N4O7/c1-35(2,3)30(39-34(47)40-37(16-10-7-11-17-37)33(46)48-21-23-12-8-6-9-13-23)32(45)41-20-25-27(36(25,4)5)28(41)26(42)19-24(18-22-14-15-22)29(43)31(38)44/h6,8-9,12-13,22,24-25,27-28,30H,7,10-11,14-21H2,1-5H3,(H2,38,44)(H2,39,40,47)/t24?,25-,27-,28+,30+/m0/s1. The van der Waals surface area contributed by atoms with E-state index < -0.39 is 52.6 Å². The number of nitrogens with zero attached hydrogens (tertiary/aromatic N) is 1. The molecule has 3 saturated carbocycles. The third-order valence-corrected chi connectivity index (χ3v) is 11.2. The number of rotatable bonds is 13. The van der Waals surface area contributed by atoms with Crippen LogP contribution in [0.4, 0.5) is 4.79 Å². The summed E-state index contributed by atoms with van der Waals surface area (Å²) in [6, 6.07) is 6.92. The number of hydrogen-bond acceptors (Lipinski definition) is 7. The van der Waals surface area contributed by atoms with Gasteiger partial charge in [0, 0.05) is 18.9 Å². The van der Waals surface area contributed by atoms with Crippen molar-refractivity contribution in [2.45, 2.75) is 117 Å². The van der Waals surface area contributed by atoms with Crippen LogP contribution < -0.4 is 16.4 Å². The van der Waals surface area contributed by atoms with Gasteiger partial charge in [-0.2, -0.15) is 0 Å². The number of piperidine rings is 1. The monoisotopic (exact) mass is 664 g/mol. The highest BCUT2D eigenvalue weighted by molar-refractivity contribution is 6.36. The largest absolute Gasteiger partial charge is 0.459 e. The van der Waals surface area contributed by atoms with Crippen LogP contribution in [0.3, 0.4) is 0 Å². The van der Waals surface area contributed by atoms with Gasteiger partial charge in [-0.25, -0.2) is 9.59 Å². The molecule has 1 aromatic rings. The third-order valence-electron chi connectivity index (χ3n) is 11.2. The van der Waals surface area contributed by atoms with Crippen molar-refractivity contribution in [2.75, 3.05) is 6.54 Å². The first-order valence-electron chi connectivity index (χ1n) is 17.5. The maximum atomic E-state index is 14.4. The summed E-state index contributed by atoms with van der Waals surface area (Å²) in [5, 5.41) is 5.79. The quantitative estimate of drug-likeness (QED) is 0.211. The average molecular weight is 665 g/mol. The van der Waals surface area contributed by atoms with Gasteiger partial charge in [0.05, 0.1) is 6.04 Å². The van der Waals surface area contributed by atoms with Crippen molar-refractivity contribution in [3.63, 3.8) is 0 Å². The fraction of sp³-hybridized carbons (Fsp3) is 0.676.